The van der Waals surface area contributed by atoms with Crippen molar-refractivity contribution in [3.63, 3.8) is 0 Å². The molecule has 1 aromatic rings. The molecule has 0 radical (unpaired) electrons. The standard InChI is InChI=1S/C6H5F3O.C2H6/c1-4-2-3-10-5(4)6(7,8)9;1-2/h2-3H,1H3;1-2H3. The summed E-state index contributed by atoms with van der Waals surface area (Å²) in [4.78, 5) is 0. The van der Waals surface area contributed by atoms with Crippen molar-refractivity contribution >= 4 is 0 Å². The van der Waals surface area contributed by atoms with Crippen molar-refractivity contribution in [2.75, 3.05) is 0 Å². The summed E-state index contributed by atoms with van der Waals surface area (Å²) in [5.74, 6) is -0.910. The Kier molecular flexibility index (Phi) is 3.86. The predicted octanol–water partition coefficient (Wildman–Crippen LogP) is 3.63. The third-order valence-electron chi connectivity index (χ3n) is 1.12. The minimum Gasteiger partial charge on any atom is -0.459 e. The molecule has 1 heterocycles. The average molecular weight is 180 g/mol. The molecule has 0 unspecified atom stereocenters. The Morgan fingerprint density at radius 2 is 1.75 bits per heavy atom. The van der Waals surface area contributed by atoms with Crippen molar-refractivity contribution < 1.29 is 17.6 Å². The van der Waals surface area contributed by atoms with E-state index in [2.05, 4.69) is 4.42 Å². The third kappa shape index (κ3) is 2.60. The summed E-state index contributed by atoms with van der Waals surface area (Å²) in [7, 11) is 0. The molecule has 0 fully saturated rings. The lowest BCUT2D eigenvalue weighted by Gasteiger charge is -2.01. The van der Waals surface area contributed by atoms with Gasteiger partial charge in [-0.05, 0) is 18.6 Å². The van der Waals surface area contributed by atoms with Crippen LogP contribution in [0.15, 0.2) is 16.7 Å². The molecule has 0 aromatic carbocycles. The van der Waals surface area contributed by atoms with E-state index in [9.17, 15) is 13.2 Å². The van der Waals surface area contributed by atoms with Gasteiger partial charge in [-0.1, -0.05) is 13.8 Å². The van der Waals surface area contributed by atoms with Crippen LogP contribution in [0.5, 0.6) is 0 Å². The van der Waals surface area contributed by atoms with Crippen molar-refractivity contribution in [1.82, 2.24) is 0 Å². The van der Waals surface area contributed by atoms with Crippen LogP contribution in [0.4, 0.5) is 13.2 Å². The molecule has 0 N–H and O–H groups in total. The monoisotopic (exact) mass is 180 g/mol. The molecule has 4 heteroatoms. The molecule has 0 atom stereocenters. The maximum Gasteiger partial charge on any atom is 0.449 e. The highest BCUT2D eigenvalue weighted by Crippen LogP contribution is 2.31. The van der Waals surface area contributed by atoms with Crippen LogP contribution in [0.3, 0.4) is 0 Å². The minimum atomic E-state index is -4.35. The molecule has 1 aromatic heterocycles. The Morgan fingerprint density at radius 3 is 1.92 bits per heavy atom. The van der Waals surface area contributed by atoms with Gasteiger partial charge in [0, 0.05) is 0 Å². The maximum atomic E-state index is 11.8. The molecule has 0 aliphatic rings. The summed E-state index contributed by atoms with van der Waals surface area (Å²) < 4.78 is 39.6. The number of hydrogen-bond donors (Lipinski definition) is 0. The van der Waals surface area contributed by atoms with E-state index >= 15 is 0 Å². The van der Waals surface area contributed by atoms with Gasteiger partial charge in [-0.25, -0.2) is 0 Å². The Balaban J connectivity index is 0.000000561. The Morgan fingerprint density at radius 1 is 1.25 bits per heavy atom. The Bertz CT molecular complexity index is 224. The first-order chi connectivity index (χ1) is 5.52. The molecule has 0 aliphatic heterocycles. The zero-order valence-corrected chi connectivity index (χ0v) is 7.20. The first kappa shape index (κ1) is 11.1. The number of rotatable bonds is 0. The van der Waals surface area contributed by atoms with Gasteiger partial charge in [-0.3, -0.25) is 0 Å². The van der Waals surface area contributed by atoms with Crippen LogP contribution < -0.4 is 0 Å². The van der Waals surface area contributed by atoms with Crippen molar-refractivity contribution in [2.24, 2.45) is 0 Å². The van der Waals surface area contributed by atoms with E-state index in [4.69, 9.17) is 0 Å². The van der Waals surface area contributed by atoms with Crippen molar-refractivity contribution in [1.29, 1.82) is 0 Å². The summed E-state index contributed by atoms with van der Waals surface area (Å²) in [6.07, 6.45) is -3.33. The normalized spacial score (nSPS) is 10.5. The van der Waals surface area contributed by atoms with E-state index < -0.39 is 11.9 Å². The zero-order chi connectivity index (χ0) is 9.78. The van der Waals surface area contributed by atoms with Crippen LogP contribution in [0.25, 0.3) is 0 Å². The van der Waals surface area contributed by atoms with E-state index in [1.165, 1.54) is 13.0 Å². The van der Waals surface area contributed by atoms with Crippen LogP contribution in [-0.2, 0) is 6.18 Å². The number of hydrogen-bond acceptors (Lipinski definition) is 1. The summed E-state index contributed by atoms with van der Waals surface area (Å²) in [5.41, 5.74) is 0.118. The summed E-state index contributed by atoms with van der Waals surface area (Å²) in [6, 6.07) is 1.28. The van der Waals surface area contributed by atoms with Crippen molar-refractivity contribution in [3.05, 3.63) is 23.7 Å². The molecular formula is C8H11F3O. The molecule has 0 spiro atoms. The molecular weight excluding hydrogens is 169 g/mol. The largest absolute Gasteiger partial charge is 0.459 e. The minimum absolute atomic E-state index is 0.118. The Hall–Kier alpha value is -0.930. The smallest absolute Gasteiger partial charge is 0.449 e. The molecule has 0 bridgehead atoms. The second kappa shape index (κ2) is 4.18. The number of halogens is 3. The first-order valence-corrected chi connectivity index (χ1v) is 3.63. The van der Waals surface area contributed by atoms with E-state index in [-0.39, 0.29) is 5.56 Å². The number of furan rings is 1. The van der Waals surface area contributed by atoms with E-state index in [0.717, 1.165) is 6.26 Å². The summed E-state index contributed by atoms with van der Waals surface area (Å²) in [6.45, 7) is 5.35. The van der Waals surface area contributed by atoms with E-state index in [0.29, 0.717) is 0 Å². The van der Waals surface area contributed by atoms with Crippen molar-refractivity contribution in [3.8, 4) is 0 Å². The number of aryl methyl sites for hydroxylation is 1. The number of alkyl halides is 3. The fourth-order valence-corrected chi connectivity index (χ4v) is 0.663. The van der Waals surface area contributed by atoms with Gasteiger partial charge in [0.15, 0.2) is 0 Å². The second-order valence-electron chi connectivity index (χ2n) is 1.93. The highest BCUT2D eigenvalue weighted by atomic mass is 19.4. The van der Waals surface area contributed by atoms with Crippen LogP contribution in [0, 0.1) is 6.92 Å². The lowest BCUT2D eigenvalue weighted by Crippen LogP contribution is -2.04. The van der Waals surface area contributed by atoms with Gasteiger partial charge in [0.1, 0.15) is 0 Å². The molecule has 1 rings (SSSR count). The molecule has 0 saturated heterocycles. The second-order valence-corrected chi connectivity index (χ2v) is 1.93. The maximum absolute atomic E-state index is 11.8. The quantitative estimate of drug-likeness (QED) is 0.594. The summed E-state index contributed by atoms with van der Waals surface area (Å²) >= 11 is 0. The fraction of sp³-hybridized carbons (Fsp3) is 0.500. The molecule has 12 heavy (non-hydrogen) atoms. The van der Waals surface area contributed by atoms with Gasteiger partial charge in [0.05, 0.1) is 6.26 Å². The predicted molar refractivity (Wildman–Crippen MR) is 39.8 cm³/mol. The van der Waals surface area contributed by atoms with Gasteiger partial charge >= 0.3 is 6.18 Å². The van der Waals surface area contributed by atoms with Crippen LogP contribution >= 0.6 is 0 Å². The highest BCUT2D eigenvalue weighted by molar-refractivity contribution is 5.16. The zero-order valence-electron chi connectivity index (χ0n) is 7.20. The molecule has 0 amide bonds. The average Bonchev–Trinajstić information content (AvgIpc) is 2.38. The van der Waals surface area contributed by atoms with Crippen LogP contribution in [0.2, 0.25) is 0 Å². The highest BCUT2D eigenvalue weighted by Gasteiger charge is 2.35. The fourth-order valence-electron chi connectivity index (χ4n) is 0.663. The molecule has 1 nitrogen and oxygen atoms in total. The van der Waals surface area contributed by atoms with Crippen molar-refractivity contribution in [2.45, 2.75) is 26.9 Å². The topological polar surface area (TPSA) is 13.1 Å². The molecule has 70 valence electrons. The van der Waals surface area contributed by atoms with E-state index in [1.807, 2.05) is 13.8 Å². The van der Waals surface area contributed by atoms with Gasteiger partial charge in [0.2, 0.25) is 5.76 Å². The third-order valence-corrected chi connectivity index (χ3v) is 1.12. The summed E-state index contributed by atoms with van der Waals surface area (Å²) in [5, 5.41) is 0. The lowest BCUT2D eigenvalue weighted by atomic mass is 10.3. The van der Waals surface area contributed by atoms with Gasteiger partial charge < -0.3 is 4.42 Å². The van der Waals surface area contributed by atoms with Crippen LogP contribution in [0.1, 0.15) is 25.2 Å². The van der Waals surface area contributed by atoms with Crippen LogP contribution in [-0.4, -0.2) is 0 Å². The van der Waals surface area contributed by atoms with E-state index in [1.54, 1.807) is 0 Å². The first-order valence-electron chi connectivity index (χ1n) is 3.63. The molecule has 0 saturated carbocycles. The Labute approximate surface area is 69.2 Å². The van der Waals surface area contributed by atoms with Gasteiger partial charge in [-0.2, -0.15) is 13.2 Å². The lowest BCUT2D eigenvalue weighted by molar-refractivity contribution is -0.153. The van der Waals surface area contributed by atoms with Gasteiger partial charge in [-0.15, -0.1) is 0 Å². The molecule has 0 aliphatic carbocycles. The van der Waals surface area contributed by atoms with Gasteiger partial charge in [0.25, 0.3) is 0 Å². The SMILES string of the molecule is CC.Cc1ccoc1C(F)(F)F.